The molecule has 0 radical (unpaired) electrons. The van der Waals surface area contributed by atoms with Crippen LogP contribution in [0, 0.1) is 0 Å². The summed E-state index contributed by atoms with van der Waals surface area (Å²) in [5.74, 6) is 2.67. The van der Waals surface area contributed by atoms with Gasteiger partial charge >= 0.3 is 0 Å². The molecule has 12 nitrogen and oxygen atoms in total. The van der Waals surface area contributed by atoms with Crippen molar-refractivity contribution < 1.29 is 44.1 Å². The van der Waals surface area contributed by atoms with Gasteiger partial charge in [-0.15, -0.1) is 0 Å². The highest BCUT2D eigenvalue weighted by molar-refractivity contribution is 7.99. The minimum absolute atomic E-state index is 0.0160. The molecule has 0 spiro atoms. The lowest BCUT2D eigenvalue weighted by molar-refractivity contribution is 0.103. The lowest BCUT2D eigenvalue weighted by atomic mass is 9.80. The molecule has 6 rings (SSSR count). The molecule has 300 valence electrons. The fourth-order valence-corrected chi connectivity index (χ4v) is 9.55. The highest BCUT2D eigenvalue weighted by Crippen LogP contribution is 2.57. The van der Waals surface area contributed by atoms with Gasteiger partial charge in [0, 0.05) is 80.2 Å². The van der Waals surface area contributed by atoms with Gasteiger partial charge in [0.25, 0.3) is 0 Å². The summed E-state index contributed by atoms with van der Waals surface area (Å²) >= 11 is 3.40. The number of benzene rings is 5. The van der Waals surface area contributed by atoms with Crippen molar-refractivity contribution in [3.05, 3.63) is 54.8 Å². The van der Waals surface area contributed by atoms with Crippen molar-refractivity contribution in [3.63, 3.8) is 0 Å². The fourth-order valence-electron chi connectivity index (χ4n) is 8.10. The number of fused-ring (bicyclic) bond motifs is 1. The highest BCUT2D eigenvalue weighted by atomic mass is 32.2. The summed E-state index contributed by atoms with van der Waals surface area (Å²) in [6.07, 6.45) is 3.17. The molecular formula is C42H49NO11S2. The number of nitrogens with zero attached hydrogens (tertiary/aromatic N) is 1. The zero-order chi connectivity index (χ0) is 40.1. The first-order chi connectivity index (χ1) is 27.2. The van der Waals surface area contributed by atoms with E-state index in [4.69, 9.17) is 38.9 Å². The molecule has 0 heterocycles. The molecule has 1 atom stereocenters. The lowest BCUT2D eigenvalue weighted by Crippen LogP contribution is -2.15. The van der Waals surface area contributed by atoms with Crippen molar-refractivity contribution in [1.29, 1.82) is 0 Å². The number of hydrogen-bond acceptors (Lipinski definition) is 14. The van der Waals surface area contributed by atoms with Crippen molar-refractivity contribution in [1.82, 2.24) is 0 Å². The van der Waals surface area contributed by atoms with Gasteiger partial charge in [0.2, 0.25) is 0 Å². The second kappa shape index (κ2) is 18.5. The molecule has 0 saturated heterocycles. The molecule has 1 aliphatic carbocycles. The zero-order valence-corrected chi connectivity index (χ0v) is 34.0. The molecule has 5 aromatic rings. The van der Waals surface area contributed by atoms with E-state index < -0.39 is 16.8 Å². The van der Waals surface area contributed by atoms with E-state index in [1.54, 1.807) is 23.5 Å². The van der Waals surface area contributed by atoms with Crippen molar-refractivity contribution in [2.45, 2.75) is 32.6 Å². The van der Waals surface area contributed by atoms with Crippen molar-refractivity contribution in [2.75, 3.05) is 90.5 Å². The van der Waals surface area contributed by atoms with E-state index >= 15 is 0 Å². The Morgan fingerprint density at radius 1 is 0.714 bits per heavy atom. The summed E-state index contributed by atoms with van der Waals surface area (Å²) in [6.45, 7) is 6.03. The van der Waals surface area contributed by atoms with E-state index in [2.05, 4.69) is 0 Å². The van der Waals surface area contributed by atoms with E-state index in [-0.39, 0.29) is 52.7 Å². The van der Waals surface area contributed by atoms with Crippen LogP contribution in [0.25, 0.3) is 49.2 Å². The van der Waals surface area contributed by atoms with Gasteiger partial charge in [0.05, 0.1) is 71.7 Å². The molecule has 1 aliphatic rings. The van der Waals surface area contributed by atoms with Crippen LogP contribution in [0.3, 0.4) is 0 Å². The number of phenols is 2. The van der Waals surface area contributed by atoms with Gasteiger partial charge in [-0.3, -0.25) is 14.6 Å². The van der Waals surface area contributed by atoms with E-state index in [0.29, 0.717) is 94.8 Å². The van der Waals surface area contributed by atoms with Crippen molar-refractivity contribution in [2.24, 2.45) is 4.99 Å². The maximum Gasteiger partial charge on any atom is 0.194 e. The molecule has 0 aromatic heterocycles. The number of ether oxygens (including phenoxy) is 5. The molecule has 14 heteroatoms. The van der Waals surface area contributed by atoms with Gasteiger partial charge < -0.3 is 44.1 Å². The van der Waals surface area contributed by atoms with Crippen LogP contribution < -0.4 is 25.1 Å². The third kappa shape index (κ3) is 7.54. The summed E-state index contributed by atoms with van der Waals surface area (Å²) in [6, 6.07) is 2.68. The molecule has 1 unspecified atom stereocenters. The third-order valence-corrected chi connectivity index (χ3v) is 12.3. The van der Waals surface area contributed by atoms with Gasteiger partial charge in [-0.05, 0) is 48.8 Å². The Kier molecular flexibility index (Phi) is 13.7. The maximum atomic E-state index is 14.1. The second-order valence-electron chi connectivity index (χ2n) is 13.5. The average Bonchev–Trinajstić information content (AvgIpc) is 3.31. The molecule has 56 heavy (non-hydrogen) atoms. The van der Waals surface area contributed by atoms with Crippen LogP contribution in [0.2, 0.25) is 0 Å². The van der Waals surface area contributed by atoms with Crippen LogP contribution in [0.5, 0.6) is 28.7 Å². The van der Waals surface area contributed by atoms with Gasteiger partial charge in [0.1, 0.15) is 17.2 Å². The predicted molar refractivity (Wildman–Crippen MR) is 228 cm³/mol. The first-order valence-corrected chi connectivity index (χ1v) is 20.9. The minimum atomic E-state index is -0.520. The Hall–Kier alpha value is -4.05. The first kappa shape index (κ1) is 41.6. The minimum Gasteiger partial charge on any atom is -0.507 e. The van der Waals surface area contributed by atoms with Gasteiger partial charge in [-0.1, -0.05) is 11.6 Å². The van der Waals surface area contributed by atoms with Crippen molar-refractivity contribution >= 4 is 78.4 Å². The monoisotopic (exact) mass is 807 g/mol. The van der Waals surface area contributed by atoms with E-state index in [9.17, 15) is 19.8 Å². The molecule has 0 amide bonds. The summed E-state index contributed by atoms with van der Waals surface area (Å²) in [4.78, 5) is 33.2. The van der Waals surface area contributed by atoms with Gasteiger partial charge in [0.15, 0.2) is 22.4 Å². The molecule has 0 bridgehead atoms. The number of phenolic OH excluding ortho intramolecular Hbond substituents is 2. The molecule has 0 saturated carbocycles. The molecule has 5 aromatic carbocycles. The number of rotatable bonds is 21. The van der Waals surface area contributed by atoms with Crippen LogP contribution in [0.4, 0.5) is 0 Å². The summed E-state index contributed by atoms with van der Waals surface area (Å²) in [7, 11) is 4.39. The van der Waals surface area contributed by atoms with Crippen LogP contribution >= 0.6 is 23.5 Å². The standard InChI is InChI=1S/C42H49NO11S2/c1-22-19-25-24(7-6-15-55-17-13-53-11-9-44)40(48)32-26(46)20-28(50-3)34-35-29(51-4)21-27(47)33-38(35)37(31(25)36(32)34)39(42(52-5)41(33)49)30(22)23(2)43-8-16-56-18-14-54-12-10-45/h19-21,30,44-45,48-49H,6-18H2,1-5H3. The smallest absolute Gasteiger partial charge is 0.194 e. The maximum absolute atomic E-state index is 14.1. The average molecular weight is 808 g/mol. The summed E-state index contributed by atoms with van der Waals surface area (Å²) in [5, 5.41) is 45.6. The third-order valence-electron chi connectivity index (χ3n) is 10.3. The molecular weight excluding hydrogens is 759 g/mol. The molecule has 0 fully saturated rings. The number of thioether (sulfide) groups is 2. The number of aliphatic hydroxyl groups is 2. The van der Waals surface area contributed by atoms with Crippen LogP contribution in [0.15, 0.2) is 32.3 Å². The van der Waals surface area contributed by atoms with E-state index in [0.717, 1.165) is 34.3 Å². The van der Waals surface area contributed by atoms with Crippen LogP contribution in [-0.2, 0) is 15.9 Å². The topological polar surface area (TPSA) is 174 Å². The number of aliphatic hydroxyl groups excluding tert-OH is 2. The summed E-state index contributed by atoms with van der Waals surface area (Å²) < 4.78 is 28.6. The van der Waals surface area contributed by atoms with Crippen LogP contribution in [-0.4, -0.2) is 117 Å². The molecule has 4 N–H and O–H groups in total. The number of allylic oxidation sites excluding steroid dienone is 1. The Morgan fingerprint density at radius 3 is 1.86 bits per heavy atom. The van der Waals surface area contributed by atoms with Gasteiger partial charge in [-0.25, -0.2) is 0 Å². The Labute approximate surface area is 333 Å². The zero-order valence-electron chi connectivity index (χ0n) is 32.4. The number of aromatic hydroxyl groups is 2. The highest BCUT2D eigenvalue weighted by Gasteiger charge is 2.36. The van der Waals surface area contributed by atoms with E-state index in [1.807, 2.05) is 19.9 Å². The largest absolute Gasteiger partial charge is 0.507 e. The van der Waals surface area contributed by atoms with Gasteiger partial charge in [-0.2, -0.15) is 23.5 Å². The first-order valence-electron chi connectivity index (χ1n) is 18.6. The van der Waals surface area contributed by atoms with Crippen LogP contribution in [0.1, 0.15) is 42.9 Å². The normalized spacial score (nSPS) is 14.4. The van der Waals surface area contributed by atoms with E-state index in [1.165, 1.54) is 33.5 Å². The number of aliphatic imine (C=N–C) groups is 1. The number of methoxy groups -OCH3 is 3. The predicted octanol–water partition coefficient (Wildman–Crippen LogP) is 5.71. The SMILES string of the molecule is COc1c(O)c2c(=O)cc(OC)c3c4c(OC)cc(=O)c5c(O)c(CCCSCCOCCO)c6c(c(c1C(C(C)=NCCSCCOCCO)C(C)=C6)c23)c54. The van der Waals surface area contributed by atoms with Crippen molar-refractivity contribution in [3.8, 4) is 28.7 Å². The lowest BCUT2D eigenvalue weighted by Gasteiger charge is -2.26. The fraction of sp³-hybridized carbons (Fsp3) is 0.452. The Balaban J connectivity index is 1.66. The Morgan fingerprint density at radius 2 is 1.29 bits per heavy atom. The second-order valence-corrected chi connectivity index (χ2v) is 16.0. The quantitative estimate of drug-likeness (QED) is 0.0308. The summed E-state index contributed by atoms with van der Waals surface area (Å²) in [5.41, 5.74) is 2.66. The Bertz CT molecular complexity index is 2400. The number of hydrogen-bond donors (Lipinski definition) is 4. The molecule has 0 aliphatic heterocycles.